The number of benzene rings is 1. The Morgan fingerprint density at radius 1 is 1.35 bits per heavy atom. The van der Waals surface area contributed by atoms with Crippen LogP contribution in [-0.2, 0) is 22.7 Å². The van der Waals surface area contributed by atoms with Crippen LogP contribution in [0.4, 0.5) is 0 Å². The summed E-state index contributed by atoms with van der Waals surface area (Å²) in [5.74, 6) is -0.298. The Morgan fingerprint density at radius 3 is 3.00 bits per heavy atom. The van der Waals surface area contributed by atoms with Crippen molar-refractivity contribution in [2.24, 2.45) is 0 Å². The van der Waals surface area contributed by atoms with Crippen LogP contribution in [0.25, 0.3) is 10.6 Å². The van der Waals surface area contributed by atoms with E-state index in [0.29, 0.717) is 17.3 Å². The Bertz CT molecular complexity index is 788. The van der Waals surface area contributed by atoms with Gasteiger partial charge in [0.15, 0.2) is 0 Å². The maximum Gasteiger partial charge on any atom is 0.308 e. The highest BCUT2D eigenvalue weighted by atomic mass is 35.5. The number of esters is 1. The van der Waals surface area contributed by atoms with Gasteiger partial charge in [-0.3, -0.25) is 9.48 Å². The van der Waals surface area contributed by atoms with Crippen LogP contribution in [-0.4, -0.2) is 25.9 Å². The van der Waals surface area contributed by atoms with Gasteiger partial charge in [-0.05, 0) is 6.07 Å². The maximum absolute atomic E-state index is 11.7. The quantitative estimate of drug-likeness (QED) is 0.640. The molecule has 0 aliphatic rings. The first-order chi connectivity index (χ1) is 11.2. The highest BCUT2D eigenvalue weighted by Gasteiger charge is 2.10. The molecule has 8 heteroatoms. The van der Waals surface area contributed by atoms with E-state index in [0.717, 1.165) is 10.6 Å². The molecule has 0 amide bonds. The summed E-state index contributed by atoms with van der Waals surface area (Å²) < 4.78 is 6.80. The van der Waals surface area contributed by atoms with E-state index in [1.807, 2.05) is 29.6 Å². The summed E-state index contributed by atoms with van der Waals surface area (Å²) in [4.78, 5) is 16.2. The molecule has 0 radical (unpaired) electrons. The fourth-order valence-electron chi connectivity index (χ4n) is 1.92. The lowest BCUT2D eigenvalue weighted by Crippen LogP contribution is -2.09. The first-order valence-electron chi connectivity index (χ1n) is 6.91. The highest BCUT2D eigenvalue weighted by Crippen LogP contribution is 2.30. The summed E-state index contributed by atoms with van der Waals surface area (Å²) >= 11 is 7.62. The van der Waals surface area contributed by atoms with Gasteiger partial charge in [-0.2, -0.15) is 0 Å². The predicted octanol–water partition coefficient (Wildman–Crippen LogP) is 3.19. The second-order valence-electron chi connectivity index (χ2n) is 4.70. The molecule has 3 aromatic rings. The van der Waals surface area contributed by atoms with Crippen molar-refractivity contribution < 1.29 is 9.53 Å². The van der Waals surface area contributed by atoms with Gasteiger partial charge in [-0.25, -0.2) is 4.98 Å². The summed E-state index contributed by atoms with van der Waals surface area (Å²) in [5.41, 5.74) is 1.59. The monoisotopic (exact) mass is 348 g/mol. The number of hydrogen-bond acceptors (Lipinski definition) is 6. The lowest BCUT2D eigenvalue weighted by Gasteiger charge is -2.03. The second-order valence-corrected chi connectivity index (χ2v) is 5.97. The molecule has 0 aliphatic heterocycles. The van der Waals surface area contributed by atoms with E-state index < -0.39 is 0 Å². The Morgan fingerprint density at radius 2 is 2.22 bits per heavy atom. The molecule has 0 spiro atoms. The number of halogens is 1. The van der Waals surface area contributed by atoms with Crippen molar-refractivity contribution in [1.82, 2.24) is 20.0 Å². The number of rotatable bonds is 6. The van der Waals surface area contributed by atoms with E-state index in [9.17, 15) is 4.79 Å². The van der Waals surface area contributed by atoms with Gasteiger partial charge in [-0.1, -0.05) is 35.0 Å². The number of nitrogens with zero attached hydrogens (tertiary/aromatic N) is 4. The summed E-state index contributed by atoms with van der Waals surface area (Å²) in [6, 6.07) is 7.51. The molecule has 0 unspecified atom stereocenters. The zero-order valence-corrected chi connectivity index (χ0v) is 13.6. The van der Waals surface area contributed by atoms with Gasteiger partial charge in [0.1, 0.15) is 11.6 Å². The fraction of sp³-hybridized carbons (Fsp3) is 0.200. The third-order valence-corrected chi connectivity index (χ3v) is 4.31. The third-order valence-electron chi connectivity index (χ3n) is 3.05. The van der Waals surface area contributed by atoms with Crippen molar-refractivity contribution in [2.45, 2.75) is 19.6 Å². The number of carbonyl (C=O) groups excluding carboxylic acids is 1. The van der Waals surface area contributed by atoms with Crippen molar-refractivity contribution in [3.05, 3.63) is 52.8 Å². The zero-order chi connectivity index (χ0) is 16.1. The Balaban J connectivity index is 1.53. The predicted molar refractivity (Wildman–Crippen MR) is 87.0 cm³/mol. The van der Waals surface area contributed by atoms with Gasteiger partial charge < -0.3 is 4.74 Å². The Hall–Kier alpha value is -2.25. The van der Waals surface area contributed by atoms with Gasteiger partial charge in [0.2, 0.25) is 0 Å². The molecule has 23 heavy (non-hydrogen) atoms. The summed E-state index contributed by atoms with van der Waals surface area (Å²) in [7, 11) is 0. The molecule has 0 fully saturated rings. The normalized spacial score (nSPS) is 10.7. The zero-order valence-electron chi connectivity index (χ0n) is 12.1. The van der Waals surface area contributed by atoms with E-state index in [4.69, 9.17) is 16.3 Å². The number of aromatic nitrogens is 4. The van der Waals surface area contributed by atoms with Gasteiger partial charge in [0.05, 0.1) is 29.9 Å². The molecule has 0 atom stereocenters. The molecule has 0 saturated carbocycles. The molecule has 0 bridgehead atoms. The van der Waals surface area contributed by atoms with E-state index in [2.05, 4.69) is 15.3 Å². The van der Waals surface area contributed by atoms with E-state index in [1.54, 1.807) is 17.1 Å². The Kier molecular flexibility index (Phi) is 4.99. The van der Waals surface area contributed by atoms with E-state index in [1.165, 1.54) is 11.3 Å². The topological polar surface area (TPSA) is 69.9 Å². The lowest BCUT2D eigenvalue weighted by atomic mass is 10.2. The van der Waals surface area contributed by atoms with Crippen LogP contribution >= 0.6 is 22.9 Å². The molecule has 118 valence electrons. The SMILES string of the molecule is O=C(CCn1ccnn1)OCc1csc(-c2ccccc2Cl)n1. The van der Waals surface area contributed by atoms with Gasteiger partial charge in [0, 0.05) is 17.1 Å². The first kappa shape index (κ1) is 15.6. The van der Waals surface area contributed by atoms with Crippen LogP contribution in [0.15, 0.2) is 42.0 Å². The summed E-state index contributed by atoms with van der Waals surface area (Å²) in [6.45, 7) is 0.595. The van der Waals surface area contributed by atoms with Crippen molar-refractivity contribution in [2.75, 3.05) is 0 Å². The minimum atomic E-state index is -0.298. The largest absolute Gasteiger partial charge is 0.459 e. The Labute approximate surface area is 141 Å². The van der Waals surface area contributed by atoms with E-state index in [-0.39, 0.29) is 19.0 Å². The van der Waals surface area contributed by atoms with Crippen LogP contribution in [0.3, 0.4) is 0 Å². The van der Waals surface area contributed by atoms with Crippen LogP contribution in [0.2, 0.25) is 5.02 Å². The molecule has 0 saturated heterocycles. The number of aryl methyl sites for hydroxylation is 1. The molecule has 0 N–H and O–H groups in total. The summed E-state index contributed by atoms with van der Waals surface area (Å²) in [5, 5.41) is 10.8. The maximum atomic E-state index is 11.7. The molecule has 6 nitrogen and oxygen atoms in total. The van der Waals surface area contributed by atoms with Crippen LogP contribution in [0.1, 0.15) is 12.1 Å². The molecule has 2 aromatic heterocycles. The molecular weight excluding hydrogens is 336 g/mol. The number of hydrogen-bond donors (Lipinski definition) is 0. The molecular formula is C15H13ClN4O2S. The molecule has 2 heterocycles. The standard InChI is InChI=1S/C15H13ClN4O2S/c16-13-4-2-1-3-12(13)15-18-11(10-23-15)9-22-14(21)5-7-20-8-6-17-19-20/h1-4,6,8,10H,5,7,9H2. The van der Waals surface area contributed by atoms with E-state index >= 15 is 0 Å². The molecule has 3 rings (SSSR count). The average molecular weight is 349 g/mol. The minimum absolute atomic E-state index is 0.150. The van der Waals surface area contributed by atoms with Crippen LogP contribution < -0.4 is 0 Å². The van der Waals surface area contributed by atoms with Crippen molar-refractivity contribution >= 4 is 28.9 Å². The number of thiazole rings is 1. The first-order valence-corrected chi connectivity index (χ1v) is 8.17. The van der Waals surface area contributed by atoms with Crippen LogP contribution in [0.5, 0.6) is 0 Å². The van der Waals surface area contributed by atoms with Gasteiger partial charge >= 0.3 is 5.97 Å². The van der Waals surface area contributed by atoms with Crippen molar-refractivity contribution in [3.8, 4) is 10.6 Å². The minimum Gasteiger partial charge on any atom is -0.459 e. The van der Waals surface area contributed by atoms with Crippen molar-refractivity contribution in [1.29, 1.82) is 0 Å². The average Bonchev–Trinajstić information content (AvgIpc) is 3.23. The second kappa shape index (κ2) is 7.34. The summed E-state index contributed by atoms with van der Waals surface area (Å²) in [6.07, 6.45) is 3.51. The number of ether oxygens (including phenoxy) is 1. The highest BCUT2D eigenvalue weighted by molar-refractivity contribution is 7.13. The number of carbonyl (C=O) groups is 1. The molecule has 0 aliphatic carbocycles. The lowest BCUT2D eigenvalue weighted by molar-refractivity contribution is -0.145. The van der Waals surface area contributed by atoms with Gasteiger partial charge in [0.25, 0.3) is 0 Å². The van der Waals surface area contributed by atoms with Crippen LogP contribution in [0, 0.1) is 0 Å². The third kappa shape index (κ3) is 4.14. The smallest absolute Gasteiger partial charge is 0.308 e. The molecule has 1 aromatic carbocycles. The van der Waals surface area contributed by atoms with Crippen molar-refractivity contribution in [3.63, 3.8) is 0 Å². The van der Waals surface area contributed by atoms with Gasteiger partial charge in [-0.15, -0.1) is 16.4 Å². The fourth-order valence-corrected chi connectivity index (χ4v) is 3.04.